The highest BCUT2D eigenvalue weighted by atomic mass is 16.5. The highest BCUT2D eigenvalue weighted by Gasteiger charge is 2.49. The van der Waals surface area contributed by atoms with E-state index in [-0.39, 0.29) is 20.1 Å². The molecule has 382 valence electrons. The third kappa shape index (κ3) is 6.78. The fourth-order valence-electron chi connectivity index (χ4n) is 14.7. The zero-order chi connectivity index (χ0) is 54.1. The van der Waals surface area contributed by atoms with Gasteiger partial charge in [-0.3, -0.25) is 0 Å². The van der Waals surface area contributed by atoms with Crippen molar-refractivity contribution >= 4 is 69.3 Å². The molecular formula is C72H49B3O6. The second-order valence-electron chi connectivity index (χ2n) is 22.9. The molecule has 0 bridgehead atoms. The minimum atomic E-state index is -0.346. The maximum atomic E-state index is 7.50. The second kappa shape index (κ2) is 17.0. The molecule has 0 radical (unpaired) electrons. The zero-order valence-electron chi connectivity index (χ0n) is 45.6. The van der Waals surface area contributed by atoms with Crippen molar-refractivity contribution < 1.29 is 28.4 Å². The summed E-state index contributed by atoms with van der Waals surface area (Å²) in [6, 6.07) is 67.2. The van der Waals surface area contributed by atoms with Crippen LogP contribution in [0, 0.1) is 41.5 Å². The van der Waals surface area contributed by atoms with Crippen LogP contribution in [-0.2, 0) is 0 Å². The molecule has 0 atom stereocenters. The van der Waals surface area contributed by atoms with Gasteiger partial charge < -0.3 is 28.4 Å². The van der Waals surface area contributed by atoms with Gasteiger partial charge in [0.05, 0.1) is 0 Å². The van der Waals surface area contributed by atoms with Gasteiger partial charge >= 0.3 is 0 Å². The molecule has 0 N–H and O–H groups in total. The molecule has 9 heteroatoms. The van der Waals surface area contributed by atoms with Gasteiger partial charge in [0.2, 0.25) is 0 Å². The van der Waals surface area contributed by atoms with Crippen LogP contribution in [0.2, 0.25) is 0 Å². The summed E-state index contributed by atoms with van der Waals surface area (Å²) >= 11 is 0. The first-order chi connectivity index (χ1) is 39.6. The molecule has 0 aromatic heterocycles. The van der Waals surface area contributed by atoms with Crippen molar-refractivity contribution in [3.8, 4) is 114 Å². The van der Waals surface area contributed by atoms with Crippen molar-refractivity contribution in [1.82, 2.24) is 0 Å². The highest BCUT2D eigenvalue weighted by molar-refractivity contribution is 7.02. The Labute approximate surface area is 471 Å². The third-order valence-corrected chi connectivity index (χ3v) is 17.7. The van der Waals surface area contributed by atoms with Gasteiger partial charge in [0.25, 0.3) is 20.1 Å². The topological polar surface area (TPSA) is 55.4 Å². The number of hydrogen-bond acceptors (Lipinski definition) is 6. The fraction of sp³-hybridized carbons (Fsp3) is 0.0833. The lowest BCUT2D eigenvalue weighted by Gasteiger charge is -2.39. The van der Waals surface area contributed by atoms with E-state index in [4.69, 9.17) is 28.4 Å². The largest absolute Gasteiger partial charge is 0.458 e. The average Bonchev–Trinajstić information content (AvgIpc) is 3.65. The number of hydrogen-bond donors (Lipinski definition) is 0. The average molecular weight is 1040 g/mol. The van der Waals surface area contributed by atoms with Crippen LogP contribution in [0.3, 0.4) is 0 Å². The van der Waals surface area contributed by atoms with Gasteiger partial charge in [-0.1, -0.05) is 145 Å². The van der Waals surface area contributed by atoms with Crippen molar-refractivity contribution in [3.05, 3.63) is 221 Å². The predicted octanol–water partition coefficient (Wildman–Crippen LogP) is 12.4. The summed E-state index contributed by atoms with van der Waals surface area (Å²) in [6.45, 7) is 12.3. The van der Waals surface area contributed by atoms with E-state index in [0.29, 0.717) is 0 Å². The Morgan fingerprint density at radius 2 is 0.580 bits per heavy atom. The molecule has 0 saturated heterocycles. The van der Waals surface area contributed by atoms with Crippen molar-refractivity contribution in [3.63, 3.8) is 0 Å². The number of benzene rings is 11. The smallest absolute Gasteiger partial charge is 0.260 e. The molecule has 81 heavy (non-hydrogen) atoms. The lowest BCUT2D eigenvalue weighted by molar-refractivity contribution is 0.449. The van der Waals surface area contributed by atoms with Crippen LogP contribution in [0.25, 0.3) is 44.5 Å². The van der Waals surface area contributed by atoms with Crippen LogP contribution in [0.5, 0.6) is 69.0 Å². The molecule has 0 amide bonds. The van der Waals surface area contributed by atoms with E-state index >= 15 is 0 Å². The molecule has 17 rings (SSSR count). The van der Waals surface area contributed by atoms with E-state index in [1.165, 1.54) is 44.5 Å². The lowest BCUT2D eigenvalue weighted by Crippen LogP contribution is -2.63. The van der Waals surface area contributed by atoms with Gasteiger partial charge in [0.1, 0.15) is 69.0 Å². The van der Waals surface area contributed by atoms with Crippen molar-refractivity contribution in [1.29, 1.82) is 0 Å². The van der Waals surface area contributed by atoms with Crippen LogP contribution in [0.4, 0.5) is 0 Å². The monoisotopic (exact) mass is 1040 g/mol. The summed E-state index contributed by atoms with van der Waals surface area (Å²) in [5.74, 6) is 9.30. The molecule has 6 heterocycles. The fourth-order valence-corrected chi connectivity index (χ4v) is 14.7. The van der Waals surface area contributed by atoms with Gasteiger partial charge in [-0.25, -0.2) is 0 Å². The van der Waals surface area contributed by atoms with E-state index in [9.17, 15) is 0 Å². The van der Waals surface area contributed by atoms with Crippen LogP contribution in [-0.4, -0.2) is 20.1 Å². The first-order valence-electron chi connectivity index (χ1n) is 28.0. The van der Waals surface area contributed by atoms with Gasteiger partial charge in [-0.15, -0.1) is 0 Å². The van der Waals surface area contributed by atoms with E-state index in [1.54, 1.807) is 0 Å². The number of ether oxygens (including phenoxy) is 6. The van der Waals surface area contributed by atoms with Gasteiger partial charge in [-0.05, 0) is 172 Å². The highest BCUT2D eigenvalue weighted by Crippen LogP contribution is 2.49. The van der Waals surface area contributed by atoms with Gasteiger partial charge in [0, 0.05) is 39.6 Å². The van der Waals surface area contributed by atoms with Crippen molar-refractivity contribution in [2.45, 2.75) is 41.5 Å². The molecule has 0 fully saturated rings. The Kier molecular flexibility index (Phi) is 9.71. The molecule has 0 unspecified atom stereocenters. The Bertz CT molecular complexity index is 4290. The summed E-state index contributed by atoms with van der Waals surface area (Å²) < 4.78 is 43.4. The quantitative estimate of drug-likeness (QED) is 0.164. The molecule has 0 aliphatic carbocycles. The minimum Gasteiger partial charge on any atom is -0.458 e. The second-order valence-corrected chi connectivity index (χ2v) is 22.9. The van der Waals surface area contributed by atoms with Gasteiger partial charge in [-0.2, -0.15) is 0 Å². The molecule has 0 spiro atoms. The SMILES string of the molecule is Cc1cc(C)c(-c2cc3c4c(c2)Oc2cc5c(cc2B4c2ccccc2O3)B2c3cc4c(cc3Oc3c(-c6ccccc6)cc(-c6ccccc6)c(c32)O5)Oc2cc(-c3c(C)cc(C)cc3C)cc3c2B4c2ccccc2O3)c(C)c1. The molecule has 11 aromatic carbocycles. The molecule has 6 aliphatic rings. The van der Waals surface area contributed by atoms with Crippen molar-refractivity contribution in [2.24, 2.45) is 0 Å². The molecular weight excluding hydrogens is 993 g/mol. The summed E-state index contributed by atoms with van der Waals surface area (Å²) in [4.78, 5) is 0. The molecule has 6 nitrogen and oxygen atoms in total. The Morgan fingerprint density at radius 3 is 0.975 bits per heavy atom. The molecule has 6 aliphatic heterocycles. The third-order valence-electron chi connectivity index (χ3n) is 17.7. The van der Waals surface area contributed by atoms with Crippen LogP contribution >= 0.6 is 0 Å². The first-order valence-corrected chi connectivity index (χ1v) is 28.0. The molecule has 11 aromatic rings. The molecule has 0 saturated carbocycles. The van der Waals surface area contributed by atoms with E-state index in [0.717, 1.165) is 152 Å². The lowest BCUT2D eigenvalue weighted by atomic mass is 9.30. The van der Waals surface area contributed by atoms with Crippen molar-refractivity contribution in [2.75, 3.05) is 0 Å². The maximum Gasteiger partial charge on any atom is 0.260 e. The van der Waals surface area contributed by atoms with Gasteiger partial charge in [0.15, 0.2) is 0 Å². The van der Waals surface area contributed by atoms with E-state index in [1.807, 2.05) is 0 Å². The number of aryl methyl sites for hydroxylation is 6. The van der Waals surface area contributed by atoms with E-state index in [2.05, 4.69) is 230 Å². The minimum absolute atomic E-state index is 0.193. The summed E-state index contributed by atoms with van der Waals surface area (Å²) in [6.07, 6.45) is 0. The van der Waals surface area contributed by atoms with Crippen LogP contribution < -0.4 is 77.6 Å². The summed E-state index contributed by atoms with van der Waals surface area (Å²) in [5.41, 5.74) is 25.2. The van der Waals surface area contributed by atoms with E-state index < -0.39 is 0 Å². The normalized spacial score (nSPS) is 13.6. The number of para-hydroxylation sites is 2. The summed E-state index contributed by atoms with van der Waals surface area (Å²) in [7, 11) is 0. The number of rotatable bonds is 4. The van der Waals surface area contributed by atoms with Crippen LogP contribution in [0.1, 0.15) is 33.4 Å². The standard InChI is InChI=1S/C72H49B3O6/c1-38-25-40(3)66(41(4)26-38)46-29-62-68-64(31-46)78-58-36-60-54(34-52(58)73(68)50-21-13-15-23-56(50)76-62)75-55-35-53-59(37-61(55)81-72-49(45-19-11-8-12-20-45)33-48(71(80-60)70(72)75)44-17-9-7-10-18-44)79-65-32-47(67-42(5)27-39(2)28-43(67)6)30-63-69(65)74(53)51-22-14-16-24-57(51)77-63/h7-37H,1-6H3. The Morgan fingerprint density at radius 1 is 0.247 bits per heavy atom. The Hall–Kier alpha value is -9.59. The predicted molar refractivity (Wildman–Crippen MR) is 330 cm³/mol. The number of fused-ring (bicyclic) bond motifs is 12. The zero-order valence-corrected chi connectivity index (χ0v) is 45.6. The first kappa shape index (κ1) is 46.3. The summed E-state index contributed by atoms with van der Waals surface area (Å²) in [5, 5.41) is 0. The van der Waals surface area contributed by atoms with Crippen LogP contribution in [0.15, 0.2) is 188 Å². The Balaban J connectivity index is 0.912. The maximum absolute atomic E-state index is 7.50.